The first-order valence-corrected chi connectivity index (χ1v) is 6.22. The molecule has 3 N–H and O–H groups in total. The van der Waals surface area contributed by atoms with E-state index in [1.54, 1.807) is 24.3 Å². The number of primary amides is 1. The van der Waals surface area contributed by atoms with Gasteiger partial charge in [-0.3, -0.25) is 9.59 Å². The number of hydrogen-bond donors (Lipinski definition) is 2. The molecule has 0 spiro atoms. The topological polar surface area (TPSA) is 81.4 Å². The molecule has 19 heavy (non-hydrogen) atoms. The molecule has 0 aliphatic rings. The number of ether oxygens (including phenoxy) is 1. The molecule has 5 nitrogen and oxygen atoms in total. The molecule has 1 atom stereocenters. The number of nitrogens with one attached hydrogen (secondary N) is 1. The largest absolute Gasteiger partial charge is 0.484 e. The van der Waals surface area contributed by atoms with Crippen molar-refractivity contribution in [2.24, 2.45) is 11.7 Å². The van der Waals surface area contributed by atoms with Crippen molar-refractivity contribution in [2.45, 2.75) is 26.8 Å². The van der Waals surface area contributed by atoms with E-state index in [4.69, 9.17) is 10.5 Å². The number of carbonyl (C=O) groups excluding carboxylic acids is 2. The summed E-state index contributed by atoms with van der Waals surface area (Å²) in [5.74, 6) is 0.242. The van der Waals surface area contributed by atoms with E-state index in [0.29, 0.717) is 17.2 Å². The van der Waals surface area contributed by atoms with Crippen LogP contribution in [0.2, 0.25) is 0 Å². The van der Waals surface area contributed by atoms with Crippen LogP contribution in [-0.2, 0) is 4.79 Å². The number of hydrogen-bond acceptors (Lipinski definition) is 3. The third-order valence-corrected chi connectivity index (χ3v) is 2.90. The Labute approximate surface area is 113 Å². The van der Waals surface area contributed by atoms with Crippen LogP contribution in [0.1, 0.15) is 31.1 Å². The lowest BCUT2D eigenvalue weighted by Crippen LogP contribution is -2.38. The van der Waals surface area contributed by atoms with Gasteiger partial charge < -0.3 is 15.8 Å². The highest BCUT2D eigenvalue weighted by Crippen LogP contribution is 2.11. The summed E-state index contributed by atoms with van der Waals surface area (Å²) in [6, 6.07) is 6.45. The second kappa shape index (κ2) is 6.78. The third kappa shape index (κ3) is 4.99. The lowest BCUT2D eigenvalue weighted by Gasteiger charge is -2.17. The van der Waals surface area contributed by atoms with Gasteiger partial charge in [0.15, 0.2) is 6.61 Å². The van der Waals surface area contributed by atoms with Crippen LogP contribution in [0.5, 0.6) is 5.75 Å². The highest BCUT2D eigenvalue weighted by molar-refractivity contribution is 5.92. The van der Waals surface area contributed by atoms with E-state index in [0.717, 1.165) is 0 Å². The zero-order chi connectivity index (χ0) is 14.4. The molecule has 0 aliphatic carbocycles. The number of rotatable bonds is 6. The summed E-state index contributed by atoms with van der Waals surface area (Å²) in [6.07, 6.45) is 0. The van der Waals surface area contributed by atoms with Gasteiger partial charge in [0.05, 0.1) is 0 Å². The molecule has 1 aromatic rings. The number of benzene rings is 1. The monoisotopic (exact) mass is 264 g/mol. The molecular weight excluding hydrogens is 244 g/mol. The minimum absolute atomic E-state index is 0.0486. The summed E-state index contributed by atoms with van der Waals surface area (Å²) in [5, 5.41) is 2.84. The molecule has 0 bridgehead atoms. The van der Waals surface area contributed by atoms with Crippen LogP contribution in [0.25, 0.3) is 0 Å². The predicted octanol–water partition coefficient (Wildman–Crippen LogP) is 1.32. The maximum absolute atomic E-state index is 11.6. The van der Waals surface area contributed by atoms with Crippen molar-refractivity contribution in [1.82, 2.24) is 5.32 Å². The Morgan fingerprint density at radius 1 is 1.21 bits per heavy atom. The van der Waals surface area contributed by atoms with Gasteiger partial charge in [0.1, 0.15) is 5.75 Å². The van der Waals surface area contributed by atoms with Gasteiger partial charge in [0.25, 0.3) is 5.91 Å². The Morgan fingerprint density at radius 2 is 1.79 bits per heavy atom. The minimum Gasteiger partial charge on any atom is -0.484 e. The molecule has 104 valence electrons. The number of nitrogens with two attached hydrogens (primary N) is 1. The van der Waals surface area contributed by atoms with E-state index < -0.39 is 5.91 Å². The van der Waals surface area contributed by atoms with E-state index >= 15 is 0 Å². The SMILES string of the molecule is CC(C)[C@H](C)NC(=O)COc1ccc(C(N)=O)cc1. The molecule has 1 aromatic carbocycles. The van der Waals surface area contributed by atoms with Crippen LogP contribution < -0.4 is 15.8 Å². The Kier molecular flexibility index (Phi) is 5.36. The van der Waals surface area contributed by atoms with Gasteiger partial charge in [-0.25, -0.2) is 0 Å². The molecule has 0 saturated heterocycles. The molecule has 0 saturated carbocycles. The van der Waals surface area contributed by atoms with Gasteiger partial charge >= 0.3 is 0 Å². The van der Waals surface area contributed by atoms with Gasteiger partial charge in [-0.15, -0.1) is 0 Å². The van der Waals surface area contributed by atoms with Gasteiger partial charge in [-0.2, -0.15) is 0 Å². The Balaban J connectivity index is 2.44. The smallest absolute Gasteiger partial charge is 0.258 e. The molecule has 0 heterocycles. The highest BCUT2D eigenvalue weighted by atomic mass is 16.5. The van der Waals surface area contributed by atoms with Gasteiger partial charge in [-0.1, -0.05) is 13.8 Å². The summed E-state index contributed by atoms with van der Waals surface area (Å²) < 4.78 is 5.32. The Bertz CT molecular complexity index is 441. The Hall–Kier alpha value is -2.04. The molecule has 0 aromatic heterocycles. The molecule has 5 heteroatoms. The quantitative estimate of drug-likeness (QED) is 0.813. The second-order valence-corrected chi connectivity index (χ2v) is 4.78. The number of amides is 2. The minimum atomic E-state index is -0.491. The lowest BCUT2D eigenvalue weighted by molar-refractivity contribution is -0.124. The first-order valence-electron chi connectivity index (χ1n) is 6.22. The average molecular weight is 264 g/mol. The van der Waals surface area contributed by atoms with Crippen LogP contribution in [0.15, 0.2) is 24.3 Å². The van der Waals surface area contributed by atoms with Crippen molar-refractivity contribution >= 4 is 11.8 Å². The summed E-state index contributed by atoms with van der Waals surface area (Å²) in [6.45, 7) is 5.97. The fourth-order valence-electron chi connectivity index (χ4n) is 1.33. The maximum atomic E-state index is 11.6. The van der Waals surface area contributed by atoms with Crippen molar-refractivity contribution in [2.75, 3.05) is 6.61 Å². The molecule has 0 fully saturated rings. The van der Waals surface area contributed by atoms with Crippen molar-refractivity contribution in [3.05, 3.63) is 29.8 Å². The van der Waals surface area contributed by atoms with E-state index in [2.05, 4.69) is 5.32 Å². The van der Waals surface area contributed by atoms with Crippen molar-refractivity contribution in [1.29, 1.82) is 0 Å². The van der Waals surface area contributed by atoms with E-state index in [9.17, 15) is 9.59 Å². The zero-order valence-corrected chi connectivity index (χ0v) is 11.5. The van der Waals surface area contributed by atoms with Crippen LogP contribution in [0.3, 0.4) is 0 Å². The first-order chi connectivity index (χ1) is 8.90. The zero-order valence-electron chi connectivity index (χ0n) is 11.5. The van der Waals surface area contributed by atoms with E-state index in [1.165, 1.54) is 0 Å². The van der Waals surface area contributed by atoms with E-state index in [1.807, 2.05) is 20.8 Å². The summed E-state index contributed by atoms with van der Waals surface area (Å²) in [5.41, 5.74) is 5.53. The van der Waals surface area contributed by atoms with Crippen LogP contribution >= 0.6 is 0 Å². The van der Waals surface area contributed by atoms with Crippen LogP contribution in [0.4, 0.5) is 0 Å². The predicted molar refractivity (Wildman–Crippen MR) is 72.9 cm³/mol. The lowest BCUT2D eigenvalue weighted by atomic mass is 10.1. The fourth-order valence-corrected chi connectivity index (χ4v) is 1.33. The van der Waals surface area contributed by atoms with E-state index in [-0.39, 0.29) is 18.6 Å². The van der Waals surface area contributed by atoms with Crippen molar-refractivity contribution in [3.8, 4) is 5.75 Å². The van der Waals surface area contributed by atoms with Crippen LogP contribution in [-0.4, -0.2) is 24.5 Å². The van der Waals surface area contributed by atoms with Crippen molar-refractivity contribution in [3.63, 3.8) is 0 Å². The number of carbonyl (C=O) groups is 2. The molecule has 0 radical (unpaired) electrons. The normalized spacial score (nSPS) is 12.0. The highest BCUT2D eigenvalue weighted by Gasteiger charge is 2.11. The Morgan fingerprint density at radius 3 is 2.26 bits per heavy atom. The molecule has 2 amide bonds. The molecular formula is C14H20N2O3. The van der Waals surface area contributed by atoms with Gasteiger partial charge in [0, 0.05) is 11.6 Å². The summed E-state index contributed by atoms with van der Waals surface area (Å²) in [4.78, 5) is 22.5. The van der Waals surface area contributed by atoms with Gasteiger partial charge in [-0.05, 0) is 37.1 Å². The second-order valence-electron chi connectivity index (χ2n) is 4.78. The van der Waals surface area contributed by atoms with Gasteiger partial charge in [0.2, 0.25) is 5.91 Å². The third-order valence-electron chi connectivity index (χ3n) is 2.90. The maximum Gasteiger partial charge on any atom is 0.258 e. The summed E-state index contributed by atoms with van der Waals surface area (Å²) >= 11 is 0. The first kappa shape index (κ1) is 15.0. The summed E-state index contributed by atoms with van der Waals surface area (Å²) in [7, 11) is 0. The standard InChI is InChI=1S/C14H20N2O3/c1-9(2)10(3)16-13(17)8-19-12-6-4-11(5-7-12)14(15)18/h4-7,9-10H,8H2,1-3H3,(H2,15,18)(H,16,17)/t10-/m0/s1. The molecule has 0 aliphatic heterocycles. The van der Waals surface area contributed by atoms with Crippen LogP contribution in [0, 0.1) is 5.92 Å². The fraction of sp³-hybridized carbons (Fsp3) is 0.429. The van der Waals surface area contributed by atoms with Crippen molar-refractivity contribution < 1.29 is 14.3 Å². The molecule has 0 unspecified atom stereocenters. The average Bonchev–Trinajstić information content (AvgIpc) is 2.36. The molecule has 1 rings (SSSR count).